The molecule has 0 aliphatic carbocycles. The fourth-order valence-corrected chi connectivity index (χ4v) is 3.68. The molecule has 3 heterocycles. The zero-order chi connectivity index (χ0) is 20.8. The number of aliphatic imine (C=N–C) groups is 1. The minimum atomic E-state index is 0. The lowest BCUT2D eigenvalue weighted by Gasteiger charge is -2.36. The third kappa shape index (κ3) is 6.60. The van der Waals surface area contributed by atoms with Gasteiger partial charge >= 0.3 is 0 Å². The summed E-state index contributed by atoms with van der Waals surface area (Å²) in [7, 11) is 4.13. The second kappa shape index (κ2) is 11.5. The van der Waals surface area contributed by atoms with Crippen molar-refractivity contribution in [2.45, 2.75) is 46.1 Å². The van der Waals surface area contributed by atoms with Gasteiger partial charge in [-0.2, -0.15) is 0 Å². The lowest BCUT2D eigenvalue weighted by molar-refractivity contribution is -0.00545. The van der Waals surface area contributed by atoms with Crippen LogP contribution >= 0.6 is 24.0 Å². The number of aromatic nitrogens is 2. The number of morpholine rings is 1. The molecule has 1 aliphatic rings. The maximum absolute atomic E-state index is 5.82. The summed E-state index contributed by atoms with van der Waals surface area (Å²) in [5.41, 5.74) is 2.35. The van der Waals surface area contributed by atoms with Crippen molar-refractivity contribution in [3.63, 3.8) is 0 Å². The normalized spacial score (nSPS) is 19.4. The molecule has 1 saturated heterocycles. The molecule has 7 nitrogen and oxygen atoms in total. The van der Waals surface area contributed by atoms with E-state index in [0.717, 1.165) is 43.5 Å². The predicted molar refractivity (Wildman–Crippen MR) is 134 cm³/mol. The van der Waals surface area contributed by atoms with Gasteiger partial charge in [0.15, 0.2) is 5.96 Å². The van der Waals surface area contributed by atoms with Crippen LogP contribution in [0, 0.1) is 0 Å². The van der Waals surface area contributed by atoms with Gasteiger partial charge in [-0.05, 0) is 44.5 Å². The van der Waals surface area contributed by atoms with E-state index in [0.29, 0.717) is 6.54 Å². The van der Waals surface area contributed by atoms with Gasteiger partial charge in [-0.1, -0.05) is 6.07 Å². The molecule has 2 aromatic rings. The smallest absolute Gasteiger partial charge is 0.194 e. The number of ether oxygens (including phenoxy) is 1. The molecule has 1 N–H and O–H groups in total. The largest absolute Gasteiger partial charge is 0.372 e. The minimum Gasteiger partial charge on any atom is -0.372 e. The maximum atomic E-state index is 5.82. The van der Waals surface area contributed by atoms with E-state index in [1.807, 2.05) is 6.20 Å². The highest BCUT2D eigenvalue weighted by atomic mass is 127. The predicted octanol–water partition coefficient (Wildman–Crippen LogP) is 3.25. The molecule has 2 unspecified atom stereocenters. The summed E-state index contributed by atoms with van der Waals surface area (Å²) in [5.74, 6) is 1.90. The molecule has 0 amide bonds. The van der Waals surface area contributed by atoms with E-state index in [4.69, 9.17) is 9.73 Å². The monoisotopic (exact) mass is 526 g/mol. The van der Waals surface area contributed by atoms with Crippen molar-refractivity contribution < 1.29 is 4.74 Å². The van der Waals surface area contributed by atoms with Crippen LogP contribution in [0.3, 0.4) is 0 Å². The third-order valence-corrected chi connectivity index (χ3v) is 5.11. The van der Waals surface area contributed by atoms with Crippen LogP contribution in [0.15, 0.2) is 41.7 Å². The number of rotatable bonds is 6. The molecule has 0 bridgehead atoms. The molecular formula is C22H35IN6O. The molecule has 0 aromatic carbocycles. The Balaban J connectivity index is 0.00000320. The second-order valence-electron chi connectivity index (χ2n) is 7.82. The van der Waals surface area contributed by atoms with Crippen molar-refractivity contribution in [2.75, 3.05) is 31.6 Å². The van der Waals surface area contributed by atoms with Crippen LogP contribution in [0.2, 0.25) is 0 Å². The van der Waals surface area contributed by atoms with Crippen LogP contribution in [0.25, 0.3) is 0 Å². The first-order valence-electron chi connectivity index (χ1n) is 10.4. The lowest BCUT2D eigenvalue weighted by Crippen LogP contribution is -2.45. The van der Waals surface area contributed by atoms with Gasteiger partial charge in [0.05, 0.1) is 25.3 Å². The van der Waals surface area contributed by atoms with Crippen molar-refractivity contribution >= 4 is 35.8 Å². The Labute approximate surface area is 197 Å². The zero-order valence-corrected chi connectivity index (χ0v) is 21.0. The summed E-state index contributed by atoms with van der Waals surface area (Å²) in [5, 5.41) is 3.38. The Morgan fingerprint density at radius 2 is 2.00 bits per heavy atom. The van der Waals surface area contributed by atoms with Crippen molar-refractivity contribution in [3.05, 3.63) is 47.9 Å². The molecule has 1 fully saturated rings. The molecule has 1 aliphatic heterocycles. The van der Waals surface area contributed by atoms with Crippen LogP contribution in [0.1, 0.15) is 32.0 Å². The van der Waals surface area contributed by atoms with Gasteiger partial charge in [-0.25, -0.2) is 9.98 Å². The Morgan fingerprint density at radius 1 is 1.27 bits per heavy atom. The van der Waals surface area contributed by atoms with Crippen LogP contribution in [-0.4, -0.2) is 59.3 Å². The molecular weight excluding hydrogens is 491 g/mol. The molecule has 30 heavy (non-hydrogen) atoms. The number of anilines is 1. The van der Waals surface area contributed by atoms with Crippen molar-refractivity contribution in [1.82, 2.24) is 19.8 Å². The van der Waals surface area contributed by atoms with E-state index < -0.39 is 0 Å². The Morgan fingerprint density at radius 3 is 2.57 bits per heavy atom. The van der Waals surface area contributed by atoms with Crippen LogP contribution in [-0.2, 0) is 24.9 Å². The highest BCUT2D eigenvalue weighted by Gasteiger charge is 2.22. The first kappa shape index (κ1) is 24.5. The quantitative estimate of drug-likeness (QED) is 0.356. The summed E-state index contributed by atoms with van der Waals surface area (Å²) in [6.45, 7) is 10.3. The van der Waals surface area contributed by atoms with Gasteiger partial charge < -0.3 is 24.4 Å². The number of hydrogen-bond donors (Lipinski definition) is 1. The van der Waals surface area contributed by atoms with E-state index in [2.05, 4.69) is 90.0 Å². The number of guanidine groups is 1. The number of aryl methyl sites for hydroxylation is 1. The van der Waals surface area contributed by atoms with Crippen LogP contribution < -0.4 is 10.2 Å². The molecule has 3 rings (SSSR count). The third-order valence-electron chi connectivity index (χ3n) is 5.11. The number of halogens is 1. The van der Waals surface area contributed by atoms with Gasteiger partial charge in [-0.3, -0.25) is 0 Å². The summed E-state index contributed by atoms with van der Waals surface area (Å²) in [6, 6.07) is 8.42. The fraction of sp³-hybridized carbons (Fsp3) is 0.545. The molecule has 8 heteroatoms. The van der Waals surface area contributed by atoms with E-state index in [1.165, 1.54) is 5.69 Å². The average molecular weight is 526 g/mol. The summed E-state index contributed by atoms with van der Waals surface area (Å²) < 4.78 is 7.95. The zero-order valence-electron chi connectivity index (χ0n) is 18.7. The molecule has 2 atom stereocenters. The number of pyridine rings is 1. The topological polar surface area (TPSA) is 57.9 Å². The van der Waals surface area contributed by atoms with Crippen molar-refractivity contribution in [3.8, 4) is 0 Å². The molecule has 166 valence electrons. The first-order valence-corrected chi connectivity index (χ1v) is 10.4. The number of nitrogens with zero attached hydrogens (tertiary/aromatic N) is 5. The Kier molecular flexibility index (Phi) is 9.41. The van der Waals surface area contributed by atoms with E-state index in [-0.39, 0.29) is 36.2 Å². The number of nitrogens with one attached hydrogen (secondary N) is 1. The van der Waals surface area contributed by atoms with Gasteiger partial charge in [0.25, 0.3) is 0 Å². The lowest BCUT2D eigenvalue weighted by atomic mass is 10.2. The Bertz CT molecular complexity index is 796. The molecule has 0 radical (unpaired) electrons. The van der Waals surface area contributed by atoms with Gasteiger partial charge in [0.2, 0.25) is 0 Å². The summed E-state index contributed by atoms with van der Waals surface area (Å²) >= 11 is 0. The second-order valence-corrected chi connectivity index (χ2v) is 7.82. The maximum Gasteiger partial charge on any atom is 0.194 e. The van der Waals surface area contributed by atoms with Gasteiger partial charge in [0.1, 0.15) is 5.82 Å². The van der Waals surface area contributed by atoms with Gasteiger partial charge in [0, 0.05) is 51.8 Å². The number of hydrogen-bond acceptors (Lipinski definition) is 4. The average Bonchev–Trinajstić information content (AvgIpc) is 3.09. The highest BCUT2D eigenvalue weighted by Crippen LogP contribution is 2.18. The molecule has 0 saturated carbocycles. The molecule has 2 aromatic heterocycles. The van der Waals surface area contributed by atoms with E-state index in [9.17, 15) is 0 Å². The first-order chi connectivity index (χ1) is 14.0. The highest BCUT2D eigenvalue weighted by molar-refractivity contribution is 14.0. The van der Waals surface area contributed by atoms with Crippen molar-refractivity contribution in [2.24, 2.45) is 12.0 Å². The van der Waals surface area contributed by atoms with E-state index >= 15 is 0 Å². The fourth-order valence-electron chi connectivity index (χ4n) is 3.68. The summed E-state index contributed by atoms with van der Waals surface area (Å²) in [6.07, 6.45) is 4.46. The SMILES string of the molecule is CCNC(=NCc1ccc(N2CC(C)OC(C)C2)nc1)N(C)Cc1cccn1C.I. The van der Waals surface area contributed by atoms with Crippen LogP contribution in [0.5, 0.6) is 0 Å². The van der Waals surface area contributed by atoms with Crippen molar-refractivity contribution in [1.29, 1.82) is 0 Å². The van der Waals surface area contributed by atoms with Crippen LogP contribution in [0.4, 0.5) is 5.82 Å². The summed E-state index contributed by atoms with van der Waals surface area (Å²) in [4.78, 5) is 13.9. The Hall–Kier alpha value is -1.81. The van der Waals surface area contributed by atoms with E-state index in [1.54, 1.807) is 0 Å². The standard InChI is InChI=1S/C22H34N6O.HI/c1-6-23-22(27(5)16-20-8-7-11-26(20)4)25-13-19-9-10-21(24-12-19)28-14-17(2)29-18(3)15-28;/h7-12,17-18H,6,13-16H2,1-5H3,(H,23,25);1H. The minimum absolute atomic E-state index is 0. The molecule has 0 spiro atoms. The van der Waals surface area contributed by atoms with Gasteiger partial charge in [-0.15, -0.1) is 24.0 Å².